The average molecular weight is 207 g/mol. The molecule has 0 aromatic rings. The molecule has 0 rings (SSSR count). The number of hydrogen-bond acceptors (Lipinski definition) is 5. The minimum atomic E-state index is -1.20. The summed E-state index contributed by atoms with van der Waals surface area (Å²) < 4.78 is 4.66. The Morgan fingerprint density at radius 2 is 2.08 bits per heavy atom. The number of nitrogens with two attached hydrogens (primary N) is 1. The second-order valence-corrected chi connectivity index (χ2v) is 4.05. The molecule has 0 saturated carbocycles. The van der Waals surface area contributed by atoms with Crippen LogP contribution in [0.15, 0.2) is 0 Å². The summed E-state index contributed by atoms with van der Waals surface area (Å²) >= 11 is 0.995. The number of hydrogen-bond donors (Lipinski definition) is 2. The fraction of sp³-hybridized carbons (Fsp3) is 0.714. The minimum absolute atomic E-state index is 0.157. The van der Waals surface area contributed by atoms with Crippen molar-refractivity contribution in [1.82, 2.24) is 0 Å². The molecule has 0 heterocycles. The first-order chi connectivity index (χ1) is 5.93. The lowest BCUT2D eigenvalue weighted by molar-refractivity contribution is -0.143. The van der Waals surface area contributed by atoms with Gasteiger partial charge in [-0.1, -0.05) is 13.8 Å². The fourth-order valence-electron chi connectivity index (χ4n) is 0.451. The molecule has 0 aliphatic heterocycles. The maximum atomic E-state index is 10.9. The molecule has 0 bridgehead atoms. The van der Waals surface area contributed by atoms with Crippen molar-refractivity contribution in [2.45, 2.75) is 31.6 Å². The molecule has 5 nitrogen and oxygen atoms in total. The van der Waals surface area contributed by atoms with Crippen molar-refractivity contribution in [1.29, 1.82) is 0 Å². The van der Waals surface area contributed by atoms with Crippen LogP contribution in [0.4, 0.5) is 0 Å². The van der Waals surface area contributed by atoms with Crippen molar-refractivity contribution < 1.29 is 18.9 Å². The first-order valence-corrected chi connectivity index (χ1v) is 4.58. The van der Waals surface area contributed by atoms with Crippen LogP contribution >= 0.6 is 12.0 Å². The van der Waals surface area contributed by atoms with E-state index in [-0.39, 0.29) is 11.7 Å². The predicted octanol–water partition coefficient (Wildman–Crippen LogP) is 0.388. The van der Waals surface area contributed by atoms with E-state index < -0.39 is 18.0 Å². The summed E-state index contributed by atoms with van der Waals surface area (Å²) in [6.45, 7) is 3.71. The quantitative estimate of drug-likeness (QED) is 0.634. The molecule has 76 valence electrons. The summed E-state index contributed by atoms with van der Waals surface area (Å²) in [6, 6.07) is -1.18. The summed E-state index contributed by atoms with van der Waals surface area (Å²) in [5.74, 6) is -1.81. The highest BCUT2D eigenvalue weighted by molar-refractivity contribution is 7.95. The predicted molar refractivity (Wildman–Crippen MR) is 49.0 cm³/mol. The summed E-state index contributed by atoms with van der Waals surface area (Å²) in [7, 11) is 0. The number of carbonyl (C=O) groups is 2. The summed E-state index contributed by atoms with van der Waals surface area (Å²) in [5.41, 5.74) is 5.11. The lowest BCUT2D eigenvalue weighted by Gasteiger charge is -2.06. The lowest BCUT2D eigenvalue weighted by atomic mass is 10.2. The van der Waals surface area contributed by atoms with E-state index in [0.29, 0.717) is 0 Å². The van der Waals surface area contributed by atoms with Crippen molar-refractivity contribution >= 4 is 24.0 Å². The number of aliphatic carboxylic acids is 1. The topological polar surface area (TPSA) is 89.6 Å². The summed E-state index contributed by atoms with van der Waals surface area (Å²) in [6.07, 6.45) is -0.297. The Bertz CT molecular complexity index is 195. The molecule has 0 amide bonds. The molecule has 0 aromatic carbocycles. The van der Waals surface area contributed by atoms with Crippen molar-refractivity contribution in [3.05, 3.63) is 0 Å². The van der Waals surface area contributed by atoms with Gasteiger partial charge in [0.2, 0.25) is 0 Å². The van der Waals surface area contributed by atoms with Gasteiger partial charge in [0.25, 0.3) is 0 Å². The van der Waals surface area contributed by atoms with Gasteiger partial charge in [-0.2, -0.15) is 0 Å². The van der Waals surface area contributed by atoms with Gasteiger partial charge in [-0.05, 0) is 0 Å². The second kappa shape index (κ2) is 5.82. The Kier molecular flexibility index (Phi) is 5.48. The number of carboxylic acid groups (broad SMARTS) is 1. The number of rotatable bonds is 5. The van der Waals surface area contributed by atoms with E-state index >= 15 is 0 Å². The van der Waals surface area contributed by atoms with Crippen molar-refractivity contribution in [2.75, 3.05) is 0 Å². The molecule has 0 aliphatic carbocycles. The standard InChI is InChI=1S/C7H13NO4S/c1-4(2)13-12-6(9)3-5(8)7(10)11/h4-5H,3,8H2,1-2H3,(H,10,11)/t5-/m0/s1. The van der Waals surface area contributed by atoms with Crippen LogP contribution in [-0.2, 0) is 13.8 Å². The molecule has 0 saturated heterocycles. The normalized spacial score (nSPS) is 12.6. The molecule has 0 aromatic heterocycles. The van der Waals surface area contributed by atoms with Crippen LogP contribution in [0.5, 0.6) is 0 Å². The van der Waals surface area contributed by atoms with Crippen LogP contribution in [0.1, 0.15) is 20.3 Å². The Morgan fingerprint density at radius 3 is 2.46 bits per heavy atom. The highest BCUT2D eigenvalue weighted by atomic mass is 32.2. The van der Waals surface area contributed by atoms with E-state index in [1.54, 1.807) is 0 Å². The zero-order valence-corrected chi connectivity index (χ0v) is 8.34. The molecule has 1 atom stereocenters. The fourth-order valence-corrected chi connectivity index (χ4v) is 0.819. The van der Waals surface area contributed by atoms with Gasteiger partial charge < -0.3 is 15.0 Å². The van der Waals surface area contributed by atoms with Gasteiger partial charge >= 0.3 is 11.9 Å². The van der Waals surface area contributed by atoms with Crippen LogP contribution in [0, 0.1) is 0 Å². The van der Waals surface area contributed by atoms with E-state index in [1.165, 1.54) is 0 Å². The molecule has 0 fully saturated rings. The molecular weight excluding hydrogens is 194 g/mol. The lowest BCUT2D eigenvalue weighted by Crippen LogP contribution is -2.32. The molecule has 13 heavy (non-hydrogen) atoms. The van der Waals surface area contributed by atoms with Crippen molar-refractivity contribution in [3.63, 3.8) is 0 Å². The van der Waals surface area contributed by atoms with Crippen molar-refractivity contribution in [3.8, 4) is 0 Å². The first-order valence-electron chi connectivity index (χ1n) is 3.78. The van der Waals surface area contributed by atoms with Crippen LogP contribution in [-0.4, -0.2) is 28.3 Å². The third-order valence-corrected chi connectivity index (χ3v) is 1.70. The highest BCUT2D eigenvalue weighted by Crippen LogP contribution is 2.11. The average Bonchev–Trinajstić information content (AvgIpc) is 2.00. The Hall–Kier alpha value is -0.750. The maximum absolute atomic E-state index is 10.9. The van der Waals surface area contributed by atoms with Gasteiger partial charge in [-0.15, -0.1) is 0 Å². The molecule has 6 heteroatoms. The Morgan fingerprint density at radius 1 is 1.54 bits per heavy atom. The van der Waals surface area contributed by atoms with Gasteiger partial charge in [0.15, 0.2) is 0 Å². The maximum Gasteiger partial charge on any atom is 0.321 e. The highest BCUT2D eigenvalue weighted by Gasteiger charge is 2.17. The number of carbonyl (C=O) groups excluding carboxylic acids is 1. The monoisotopic (exact) mass is 207 g/mol. The van der Waals surface area contributed by atoms with E-state index in [1.807, 2.05) is 13.8 Å². The second-order valence-electron chi connectivity index (χ2n) is 2.75. The number of carboxylic acids is 1. The van der Waals surface area contributed by atoms with Crippen LogP contribution < -0.4 is 5.73 Å². The van der Waals surface area contributed by atoms with E-state index in [0.717, 1.165) is 12.0 Å². The Balaban J connectivity index is 3.68. The minimum Gasteiger partial charge on any atom is -0.480 e. The third-order valence-electron chi connectivity index (χ3n) is 1.04. The molecular formula is C7H13NO4S. The molecule has 0 unspecified atom stereocenters. The van der Waals surface area contributed by atoms with Gasteiger partial charge in [-0.25, -0.2) is 0 Å². The van der Waals surface area contributed by atoms with Gasteiger partial charge in [-0.3, -0.25) is 9.59 Å². The summed E-state index contributed by atoms with van der Waals surface area (Å²) in [4.78, 5) is 21.1. The van der Waals surface area contributed by atoms with Gasteiger partial charge in [0.05, 0.1) is 18.5 Å². The van der Waals surface area contributed by atoms with Crippen molar-refractivity contribution in [2.24, 2.45) is 5.73 Å². The molecule has 0 radical (unpaired) electrons. The third kappa shape index (κ3) is 6.41. The largest absolute Gasteiger partial charge is 0.480 e. The zero-order chi connectivity index (χ0) is 10.4. The zero-order valence-electron chi connectivity index (χ0n) is 7.52. The van der Waals surface area contributed by atoms with Crippen LogP contribution in [0.25, 0.3) is 0 Å². The molecule has 3 N–H and O–H groups in total. The van der Waals surface area contributed by atoms with E-state index in [9.17, 15) is 9.59 Å². The SMILES string of the molecule is CC(C)SOC(=O)C[C@H](N)C(=O)O. The summed E-state index contributed by atoms with van der Waals surface area (Å²) in [5, 5.41) is 8.53. The smallest absolute Gasteiger partial charge is 0.321 e. The molecule has 0 aliphatic rings. The Labute approximate surface area is 80.8 Å². The first kappa shape index (κ1) is 12.2. The van der Waals surface area contributed by atoms with E-state index in [2.05, 4.69) is 4.18 Å². The van der Waals surface area contributed by atoms with Crippen LogP contribution in [0.3, 0.4) is 0 Å². The van der Waals surface area contributed by atoms with Gasteiger partial charge in [0.1, 0.15) is 6.04 Å². The molecule has 0 spiro atoms. The van der Waals surface area contributed by atoms with Crippen LogP contribution in [0.2, 0.25) is 0 Å². The van der Waals surface area contributed by atoms with E-state index in [4.69, 9.17) is 10.8 Å². The van der Waals surface area contributed by atoms with Gasteiger partial charge in [0, 0.05) is 5.25 Å².